The number of aromatic nitrogens is 2. The molecule has 0 bridgehead atoms. The van der Waals surface area contributed by atoms with Gasteiger partial charge in [-0.2, -0.15) is 0 Å². The van der Waals surface area contributed by atoms with Crippen LogP contribution in [-0.2, 0) is 16.4 Å². The monoisotopic (exact) mass is 288 g/mol. The van der Waals surface area contributed by atoms with Gasteiger partial charge in [-0.25, -0.2) is 8.42 Å². The zero-order valence-corrected chi connectivity index (χ0v) is 11.9. The maximum atomic E-state index is 11.5. The molecule has 0 aromatic carbocycles. The Morgan fingerprint density at radius 3 is 3.00 bits per heavy atom. The molecule has 7 nitrogen and oxygen atoms in total. The first-order valence-electron chi connectivity index (χ1n) is 6.59. The molecule has 1 aromatic heterocycles. The third-order valence-corrected chi connectivity index (χ3v) is 4.78. The molecule has 0 radical (unpaired) electrons. The van der Waals surface area contributed by atoms with Crippen molar-refractivity contribution in [3.63, 3.8) is 0 Å². The van der Waals surface area contributed by atoms with E-state index >= 15 is 0 Å². The van der Waals surface area contributed by atoms with Crippen molar-refractivity contribution in [2.24, 2.45) is 0 Å². The molecule has 19 heavy (non-hydrogen) atoms. The summed E-state index contributed by atoms with van der Waals surface area (Å²) >= 11 is 0. The number of nitrogens with one attached hydrogen (secondary N) is 2. The Morgan fingerprint density at radius 1 is 1.42 bits per heavy atom. The van der Waals surface area contributed by atoms with Crippen LogP contribution in [0.5, 0.6) is 0 Å². The third-order valence-electron chi connectivity index (χ3n) is 2.96. The number of hydrogen-bond acceptors (Lipinski definition) is 7. The Hall–Kier alpha value is -1.15. The van der Waals surface area contributed by atoms with E-state index in [1.54, 1.807) is 0 Å². The summed E-state index contributed by atoms with van der Waals surface area (Å²) in [5, 5.41) is 13.9. The molecule has 0 amide bonds. The molecule has 1 atom stereocenters. The summed E-state index contributed by atoms with van der Waals surface area (Å²) in [7, 11) is -2.93. The molecule has 1 aliphatic heterocycles. The molecule has 2 heterocycles. The van der Waals surface area contributed by atoms with Gasteiger partial charge in [0.05, 0.1) is 18.1 Å². The van der Waals surface area contributed by atoms with Crippen LogP contribution in [0, 0.1) is 0 Å². The Kier molecular flexibility index (Phi) is 4.76. The van der Waals surface area contributed by atoms with Crippen molar-refractivity contribution in [3.8, 4) is 0 Å². The minimum Gasteiger partial charge on any atom is -0.407 e. The van der Waals surface area contributed by atoms with Crippen LogP contribution in [0.25, 0.3) is 0 Å². The molecule has 1 saturated heterocycles. The summed E-state index contributed by atoms with van der Waals surface area (Å²) in [6, 6.07) is 0.172. The van der Waals surface area contributed by atoms with Crippen molar-refractivity contribution < 1.29 is 12.8 Å². The van der Waals surface area contributed by atoms with Crippen molar-refractivity contribution in [1.29, 1.82) is 0 Å². The fourth-order valence-corrected chi connectivity index (χ4v) is 3.70. The quantitative estimate of drug-likeness (QED) is 0.738. The lowest BCUT2D eigenvalue weighted by atomic mass is 10.2. The molecule has 1 aromatic rings. The van der Waals surface area contributed by atoms with E-state index in [0.29, 0.717) is 24.9 Å². The summed E-state index contributed by atoms with van der Waals surface area (Å²) in [5.74, 6) is 0.926. The minimum atomic E-state index is -2.93. The molecule has 108 valence electrons. The van der Waals surface area contributed by atoms with Crippen LogP contribution in [0.3, 0.4) is 0 Å². The van der Waals surface area contributed by atoms with Crippen molar-refractivity contribution in [3.05, 3.63) is 5.89 Å². The van der Waals surface area contributed by atoms with Gasteiger partial charge in [-0.15, -0.1) is 5.10 Å². The van der Waals surface area contributed by atoms with Gasteiger partial charge in [0.25, 0.3) is 0 Å². The predicted molar refractivity (Wildman–Crippen MR) is 71.6 cm³/mol. The topological polar surface area (TPSA) is 97.1 Å². The van der Waals surface area contributed by atoms with Gasteiger partial charge in [-0.1, -0.05) is 12.0 Å². The first-order valence-corrected chi connectivity index (χ1v) is 8.41. The van der Waals surface area contributed by atoms with Gasteiger partial charge in [-0.3, -0.25) is 0 Å². The molecule has 1 fully saturated rings. The SMILES string of the molecule is CCCNCc1nnc(NC2CCCS(=O)(=O)C2)o1. The second-order valence-corrected chi connectivity index (χ2v) is 7.00. The first-order chi connectivity index (χ1) is 9.09. The summed E-state index contributed by atoms with van der Waals surface area (Å²) < 4.78 is 28.4. The first kappa shape index (κ1) is 14.3. The van der Waals surface area contributed by atoms with E-state index in [0.717, 1.165) is 19.4 Å². The molecule has 2 rings (SSSR count). The van der Waals surface area contributed by atoms with Crippen LogP contribution in [0.4, 0.5) is 6.01 Å². The maximum absolute atomic E-state index is 11.5. The number of anilines is 1. The van der Waals surface area contributed by atoms with Crippen LogP contribution in [0.2, 0.25) is 0 Å². The fraction of sp³-hybridized carbons (Fsp3) is 0.818. The summed E-state index contributed by atoms with van der Waals surface area (Å²) in [4.78, 5) is 0. The highest BCUT2D eigenvalue weighted by atomic mass is 32.2. The van der Waals surface area contributed by atoms with E-state index in [2.05, 4.69) is 27.8 Å². The summed E-state index contributed by atoms with van der Waals surface area (Å²) in [5.41, 5.74) is 0. The Bertz CT molecular complexity index is 500. The van der Waals surface area contributed by atoms with Crippen molar-refractivity contribution in [2.45, 2.75) is 38.8 Å². The Morgan fingerprint density at radius 2 is 2.26 bits per heavy atom. The smallest absolute Gasteiger partial charge is 0.315 e. The van der Waals surface area contributed by atoms with E-state index in [-0.39, 0.29) is 17.5 Å². The standard InChI is InChI=1S/C11H20N4O3S/c1-2-5-12-7-10-14-15-11(18-10)13-9-4-3-6-19(16,17)8-9/h9,12H,2-8H2,1H3,(H,13,15). The number of nitrogens with zero attached hydrogens (tertiary/aromatic N) is 2. The second kappa shape index (κ2) is 6.33. The van der Waals surface area contributed by atoms with Crippen LogP contribution in [0.1, 0.15) is 32.1 Å². The molecular weight excluding hydrogens is 268 g/mol. The van der Waals surface area contributed by atoms with Gasteiger partial charge in [0.1, 0.15) is 0 Å². The highest BCUT2D eigenvalue weighted by molar-refractivity contribution is 7.91. The average molecular weight is 288 g/mol. The zero-order chi connectivity index (χ0) is 13.7. The van der Waals surface area contributed by atoms with Crippen LogP contribution < -0.4 is 10.6 Å². The van der Waals surface area contributed by atoms with Gasteiger partial charge in [0, 0.05) is 6.04 Å². The fourth-order valence-electron chi connectivity index (χ4n) is 2.07. The van der Waals surface area contributed by atoms with E-state index in [9.17, 15) is 8.42 Å². The largest absolute Gasteiger partial charge is 0.407 e. The molecule has 8 heteroatoms. The Balaban J connectivity index is 1.85. The second-order valence-electron chi connectivity index (χ2n) is 4.78. The van der Waals surface area contributed by atoms with Gasteiger partial charge >= 0.3 is 6.01 Å². The van der Waals surface area contributed by atoms with Gasteiger partial charge < -0.3 is 15.1 Å². The van der Waals surface area contributed by atoms with Crippen molar-refractivity contribution >= 4 is 15.9 Å². The summed E-state index contributed by atoms with van der Waals surface area (Å²) in [6.07, 6.45) is 2.53. The Labute approximate surface area is 113 Å². The van der Waals surface area contributed by atoms with E-state index < -0.39 is 9.84 Å². The van der Waals surface area contributed by atoms with E-state index in [1.807, 2.05) is 0 Å². The molecule has 0 saturated carbocycles. The lowest BCUT2D eigenvalue weighted by Gasteiger charge is -2.21. The molecule has 1 unspecified atom stereocenters. The van der Waals surface area contributed by atoms with Crippen LogP contribution >= 0.6 is 0 Å². The maximum Gasteiger partial charge on any atom is 0.315 e. The number of sulfone groups is 1. The lowest BCUT2D eigenvalue weighted by Crippen LogP contribution is -2.34. The molecular formula is C11H20N4O3S. The normalized spacial score (nSPS) is 22.3. The molecule has 0 aliphatic carbocycles. The third kappa shape index (κ3) is 4.46. The number of hydrogen-bond donors (Lipinski definition) is 2. The zero-order valence-electron chi connectivity index (χ0n) is 11.1. The van der Waals surface area contributed by atoms with Gasteiger partial charge in [0.15, 0.2) is 9.84 Å². The minimum absolute atomic E-state index is 0.129. The summed E-state index contributed by atoms with van der Waals surface area (Å²) in [6.45, 7) is 3.51. The molecule has 1 aliphatic rings. The predicted octanol–water partition coefficient (Wildman–Crippen LogP) is 0.558. The van der Waals surface area contributed by atoms with E-state index in [4.69, 9.17) is 4.42 Å². The van der Waals surface area contributed by atoms with E-state index in [1.165, 1.54) is 0 Å². The van der Waals surface area contributed by atoms with Crippen molar-refractivity contribution in [1.82, 2.24) is 15.5 Å². The molecule has 0 spiro atoms. The van der Waals surface area contributed by atoms with Crippen molar-refractivity contribution in [2.75, 3.05) is 23.4 Å². The number of rotatable bonds is 6. The van der Waals surface area contributed by atoms with Crippen LogP contribution in [0.15, 0.2) is 4.42 Å². The molecule has 2 N–H and O–H groups in total. The highest BCUT2D eigenvalue weighted by Crippen LogP contribution is 2.16. The highest BCUT2D eigenvalue weighted by Gasteiger charge is 2.25. The van der Waals surface area contributed by atoms with Gasteiger partial charge in [0.2, 0.25) is 5.89 Å². The lowest BCUT2D eigenvalue weighted by molar-refractivity contribution is 0.470. The van der Waals surface area contributed by atoms with Crippen LogP contribution in [-0.4, -0.2) is 42.7 Å². The average Bonchev–Trinajstić information content (AvgIpc) is 2.76. The van der Waals surface area contributed by atoms with Gasteiger partial charge in [-0.05, 0) is 25.8 Å².